The lowest BCUT2D eigenvalue weighted by Crippen LogP contribution is -2.54. The van der Waals surface area contributed by atoms with Crippen LogP contribution in [0.3, 0.4) is 0 Å². The van der Waals surface area contributed by atoms with E-state index in [2.05, 4.69) is 44.5 Å². The number of nitrogens with one attached hydrogen (secondary N) is 2. The average Bonchev–Trinajstić information content (AvgIpc) is 3.58. The molecule has 71 heavy (non-hydrogen) atoms. The minimum Gasteiger partial charge on any atom is -0.414 e. The molecule has 1 atom stereocenters. The Bertz CT molecular complexity index is 1670. The topological polar surface area (TPSA) is 233 Å². The predicted molar refractivity (Wildman–Crippen MR) is 263 cm³/mol. The molecule has 1 saturated heterocycles. The second-order valence-corrected chi connectivity index (χ2v) is 22.8. The maximum Gasteiger partial charge on any atom is 0.264 e. The summed E-state index contributed by atoms with van der Waals surface area (Å²) in [6, 6.07) is 3.53. The number of piperidine rings is 1. The molecule has 2 aliphatic rings. The fraction of sp³-hybridized carbons (Fsp3) is 0.776. The van der Waals surface area contributed by atoms with Crippen LogP contribution in [0.4, 0.5) is 5.69 Å². The summed E-state index contributed by atoms with van der Waals surface area (Å²) in [4.78, 5) is 63.7. The third-order valence-electron chi connectivity index (χ3n) is 11.5. The van der Waals surface area contributed by atoms with Crippen molar-refractivity contribution in [3.05, 3.63) is 29.3 Å². The van der Waals surface area contributed by atoms with E-state index < -0.39 is 38.0 Å². The number of benzene rings is 1. The average molecular weight is 1030 g/mol. The molecule has 1 aromatic carbocycles. The highest BCUT2D eigenvalue weighted by Crippen LogP contribution is 2.36. The number of carbonyl (C=O) groups is 5. The van der Waals surface area contributed by atoms with Crippen molar-refractivity contribution in [1.29, 1.82) is 0 Å². The molecule has 0 saturated carbocycles. The molecule has 1 fully saturated rings. The molecule has 2 heterocycles. The molecule has 1 unspecified atom stereocenters. The zero-order chi connectivity index (χ0) is 51.4. The standard InChI is InChI=1S/C49H83N3O18Si/c1-49(2,3)71(4,5)70-39-38-69-37-36-68-35-34-67-33-32-66-31-30-65-29-28-64-27-26-63-25-24-62-23-22-61-21-20-60-19-18-59-17-16-58-15-8-6-7-12-43(53)50-41-11-9-10-40-45(41)48(57)52(47(40)56)42-13-14-44(54)51-46(42)55/h9-11,42H,6-8,12-39H2,1-5H3,(H,50,53)(H,51,54,55). The van der Waals surface area contributed by atoms with Gasteiger partial charge in [-0.15, -0.1) is 0 Å². The van der Waals surface area contributed by atoms with E-state index >= 15 is 0 Å². The number of ether oxygens (including phenoxy) is 12. The fourth-order valence-electron chi connectivity index (χ4n) is 6.59. The lowest BCUT2D eigenvalue weighted by Gasteiger charge is -2.36. The van der Waals surface area contributed by atoms with E-state index in [0.717, 1.165) is 17.7 Å². The SMILES string of the molecule is CC(C)(C)[Si](C)(C)OCCOCCOCCOCCOCCOCCOCCOCCOCCOCCOCCOCCOCCCCCC(=O)Nc1cccc2c1C(=O)N(C1CCC(=O)NC1=O)C2=O. The zero-order valence-electron chi connectivity index (χ0n) is 43.0. The summed E-state index contributed by atoms with van der Waals surface area (Å²) < 4.78 is 72.5. The molecule has 5 amide bonds. The van der Waals surface area contributed by atoms with Crippen LogP contribution in [-0.2, 0) is 75.7 Å². The van der Waals surface area contributed by atoms with E-state index in [0.29, 0.717) is 172 Å². The third-order valence-corrected chi connectivity index (χ3v) is 16.1. The second-order valence-electron chi connectivity index (χ2n) is 18.0. The van der Waals surface area contributed by atoms with Crippen LogP contribution in [0.2, 0.25) is 18.1 Å². The van der Waals surface area contributed by atoms with Gasteiger partial charge in [-0.25, -0.2) is 0 Å². The van der Waals surface area contributed by atoms with Gasteiger partial charge in [0.1, 0.15) is 6.04 Å². The van der Waals surface area contributed by atoms with E-state index in [4.69, 9.17) is 61.3 Å². The minimum absolute atomic E-state index is 0.0259. The zero-order valence-corrected chi connectivity index (χ0v) is 44.0. The van der Waals surface area contributed by atoms with Crippen molar-refractivity contribution >= 4 is 43.5 Å². The Labute approximate surface area is 421 Å². The number of carbonyl (C=O) groups excluding carboxylic acids is 5. The van der Waals surface area contributed by atoms with Crippen LogP contribution in [0.5, 0.6) is 0 Å². The maximum atomic E-state index is 13.2. The van der Waals surface area contributed by atoms with Crippen LogP contribution < -0.4 is 10.6 Å². The third kappa shape index (κ3) is 26.4. The van der Waals surface area contributed by atoms with E-state index in [1.807, 2.05) is 0 Å². The van der Waals surface area contributed by atoms with Gasteiger partial charge in [-0.1, -0.05) is 33.3 Å². The Morgan fingerprint density at radius 3 is 1.35 bits per heavy atom. The van der Waals surface area contributed by atoms with Crippen LogP contribution in [-0.4, -0.2) is 214 Å². The number of anilines is 1. The highest BCUT2D eigenvalue weighted by molar-refractivity contribution is 6.74. The summed E-state index contributed by atoms with van der Waals surface area (Å²) in [5, 5.41) is 5.11. The van der Waals surface area contributed by atoms with Crippen molar-refractivity contribution in [1.82, 2.24) is 10.2 Å². The number of unbranched alkanes of at least 4 members (excludes halogenated alkanes) is 2. The van der Waals surface area contributed by atoms with Gasteiger partial charge < -0.3 is 66.6 Å². The predicted octanol–water partition coefficient (Wildman–Crippen LogP) is 3.81. The molecule has 21 nitrogen and oxygen atoms in total. The van der Waals surface area contributed by atoms with Gasteiger partial charge in [0.25, 0.3) is 11.8 Å². The van der Waals surface area contributed by atoms with Gasteiger partial charge in [0, 0.05) is 19.4 Å². The van der Waals surface area contributed by atoms with Gasteiger partial charge in [-0.3, -0.25) is 34.2 Å². The summed E-state index contributed by atoms with van der Waals surface area (Å²) in [5.74, 6) is -2.72. The molecular formula is C49H83N3O18Si. The molecule has 406 valence electrons. The monoisotopic (exact) mass is 1030 g/mol. The Kier molecular flexibility index (Phi) is 32.6. The maximum absolute atomic E-state index is 13.2. The van der Waals surface area contributed by atoms with Gasteiger partial charge in [-0.2, -0.15) is 0 Å². The number of nitrogens with zero attached hydrogens (tertiary/aromatic N) is 1. The molecular weight excluding hydrogens is 947 g/mol. The quantitative estimate of drug-likeness (QED) is 0.0537. The molecule has 0 aromatic heterocycles. The number of hydrogen-bond acceptors (Lipinski definition) is 18. The van der Waals surface area contributed by atoms with Crippen LogP contribution in [0.15, 0.2) is 18.2 Å². The molecule has 2 aliphatic heterocycles. The normalized spacial score (nSPS) is 15.2. The van der Waals surface area contributed by atoms with Crippen LogP contribution in [0, 0.1) is 0 Å². The summed E-state index contributed by atoms with van der Waals surface area (Å²) >= 11 is 0. The van der Waals surface area contributed by atoms with Crippen molar-refractivity contribution in [3.8, 4) is 0 Å². The summed E-state index contributed by atoms with van der Waals surface area (Å²) in [6.07, 6.45) is 2.43. The smallest absolute Gasteiger partial charge is 0.264 e. The van der Waals surface area contributed by atoms with Gasteiger partial charge >= 0.3 is 0 Å². The Morgan fingerprint density at radius 1 is 0.563 bits per heavy atom. The first-order valence-electron chi connectivity index (χ1n) is 25.0. The molecule has 0 radical (unpaired) electrons. The van der Waals surface area contributed by atoms with Crippen LogP contribution >= 0.6 is 0 Å². The van der Waals surface area contributed by atoms with E-state index in [9.17, 15) is 24.0 Å². The van der Waals surface area contributed by atoms with Crippen molar-refractivity contribution in [3.63, 3.8) is 0 Å². The number of amides is 5. The van der Waals surface area contributed by atoms with Crippen molar-refractivity contribution in [2.75, 3.05) is 170 Å². The van der Waals surface area contributed by atoms with Crippen molar-refractivity contribution in [2.24, 2.45) is 0 Å². The first-order valence-corrected chi connectivity index (χ1v) is 28.0. The van der Waals surface area contributed by atoms with Gasteiger partial charge in [-0.05, 0) is 49.5 Å². The first kappa shape index (κ1) is 62.0. The lowest BCUT2D eigenvalue weighted by molar-refractivity contribution is -0.136. The minimum atomic E-state index is -1.72. The first-order chi connectivity index (χ1) is 34.3. The Balaban J connectivity index is 0.953. The molecule has 0 bridgehead atoms. The number of imide groups is 2. The molecule has 2 N–H and O–H groups in total. The largest absolute Gasteiger partial charge is 0.414 e. The lowest BCUT2D eigenvalue weighted by atomic mass is 10.0. The molecule has 1 aromatic rings. The number of fused-ring (bicyclic) bond motifs is 1. The van der Waals surface area contributed by atoms with Crippen molar-refractivity contribution < 1.29 is 85.2 Å². The van der Waals surface area contributed by atoms with Gasteiger partial charge in [0.15, 0.2) is 8.32 Å². The van der Waals surface area contributed by atoms with Gasteiger partial charge in [0.05, 0.1) is 175 Å². The fourth-order valence-corrected chi connectivity index (χ4v) is 7.62. The van der Waals surface area contributed by atoms with Crippen LogP contribution in [0.1, 0.15) is 80.0 Å². The summed E-state index contributed by atoms with van der Waals surface area (Å²) in [7, 11) is -1.72. The molecule has 0 aliphatic carbocycles. The Hall–Kier alpha value is -3.33. The second kappa shape index (κ2) is 37.4. The highest BCUT2D eigenvalue weighted by Gasteiger charge is 2.45. The van der Waals surface area contributed by atoms with Crippen molar-refractivity contribution in [2.45, 2.75) is 83.5 Å². The molecule has 3 rings (SSSR count). The Morgan fingerprint density at radius 2 is 0.958 bits per heavy atom. The highest BCUT2D eigenvalue weighted by atomic mass is 28.4. The van der Waals surface area contributed by atoms with Crippen LogP contribution in [0.25, 0.3) is 0 Å². The number of rotatable bonds is 45. The number of hydrogen-bond donors (Lipinski definition) is 2. The van der Waals surface area contributed by atoms with E-state index in [-0.39, 0.29) is 47.0 Å². The van der Waals surface area contributed by atoms with E-state index in [1.54, 1.807) is 12.1 Å². The van der Waals surface area contributed by atoms with E-state index in [1.165, 1.54) is 6.07 Å². The summed E-state index contributed by atoms with van der Waals surface area (Å²) in [5.41, 5.74) is 0.377. The molecule has 0 spiro atoms. The van der Waals surface area contributed by atoms with Gasteiger partial charge in [0.2, 0.25) is 17.7 Å². The molecule has 22 heteroatoms. The summed E-state index contributed by atoms with van der Waals surface area (Å²) in [6.45, 7) is 23.4.